The molecule has 0 aromatic carbocycles. The van der Waals surface area contributed by atoms with E-state index in [4.69, 9.17) is 0 Å². The van der Waals surface area contributed by atoms with Gasteiger partial charge in [-0.1, -0.05) is 45.8 Å². The van der Waals surface area contributed by atoms with Crippen molar-refractivity contribution < 1.29 is 0 Å². The summed E-state index contributed by atoms with van der Waals surface area (Å²) in [4.78, 5) is 2.46. The Hall–Kier alpha value is -0.300. The van der Waals surface area contributed by atoms with Crippen LogP contribution in [0.25, 0.3) is 0 Å². The van der Waals surface area contributed by atoms with Crippen LogP contribution >= 0.6 is 0 Å². The molecule has 0 heterocycles. The van der Waals surface area contributed by atoms with Gasteiger partial charge in [-0.15, -0.1) is 0 Å². The second-order valence-electron chi connectivity index (χ2n) is 3.53. The van der Waals surface area contributed by atoms with Gasteiger partial charge in [0.2, 0.25) is 0 Å². The average molecular weight is 183 g/mol. The largest absolute Gasteiger partial charge is 0.298 e. The van der Waals surface area contributed by atoms with Gasteiger partial charge >= 0.3 is 0 Å². The van der Waals surface area contributed by atoms with Crippen molar-refractivity contribution in [1.29, 1.82) is 0 Å². The molecule has 78 valence electrons. The summed E-state index contributed by atoms with van der Waals surface area (Å²) in [6, 6.07) is 0.604. The standard InChI is InChI=1S/C12H25N/c1-5-8-9-10-11-12(4)13(6-2)7-3/h10-12H,5-9H2,1-4H3. The Morgan fingerprint density at radius 1 is 1.15 bits per heavy atom. The van der Waals surface area contributed by atoms with Crippen LogP contribution in [0.4, 0.5) is 0 Å². The van der Waals surface area contributed by atoms with Crippen molar-refractivity contribution in [3.8, 4) is 0 Å². The summed E-state index contributed by atoms with van der Waals surface area (Å²) in [5.74, 6) is 0. The van der Waals surface area contributed by atoms with Crippen LogP contribution < -0.4 is 0 Å². The molecule has 0 saturated carbocycles. The molecule has 0 bridgehead atoms. The third-order valence-electron chi connectivity index (χ3n) is 2.53. The van der Waals surface area contributed by atoms with Gasteiger partial charge in [-0.05, 0) is 26.4 Å². The molecule has 0 rings (SSSR count). The average Bonchev–Trinajstić information content (AvgIpc) is 2.14. The first-order chi connectivity index (χ1) is 6.26. The van der Waals surface area contributed by atoms with Crippen molar-refractivity contribution >= 4 is 0 Å². The summed E-state index contributed by atoms with van der Waals surface area (Å²) >= 11 is 0. The molecule has 0 N–H and O–H groups in total. The lowest BCUT2D eigenvalue weighted by Crippen LogP contribution is -2.30. The van der Waals surface area contributed by atoms with Gasteiger partial charge < -0.3 is 0 Å². The van der Waals surface area contributed by atoms with Crippen molar-refractivity contribution in [2.75, 3.05) is 13.1 Å². The van der Waals surface area contributed by atoms with Crippen LogP contribution in [0.15, 0.2) is 12.2 Å². The van der Waals surface area contributed by atoms with E-state index < -0.39 is 0 Å². The predicted octanol–water partition coefficient (Wildman–Crippen LogP) is 3.46. The maximum atomic E-state index is 2.46. The molecule has 1 heteroatoms. The Bertz CT molecular complexity index is 125. The van der Waals surface area contributed by atoms with E-state index in [0.29, 0.717) is 6.04 Å². The lowest BCUT2D eigenvalue weighted by Gasteiger charge is -2.23. The molecular weight excluding hydrogens is 158 g/mol. The zero-order valence-corrected chi connectivity index (χ0v) is 9.71. The van der Waals surface area contributed by atoms with Crippen LogP contribution in [0.1, 0.15) is 47.0 Å². The normalized spacial score (nSPS) is 14.2. The van der Waals surface area contributed by atoms with Gasteiger partial charge in [-0.2, -0.15) is 0 Å². The van der Waals surface area contributed by atoms with E-state index >= 15 is 0 Å². The lowest BCUT2D eigenvalue weighted by molar-refractivity contribution is 0.268. The Balaban J connectivity index is 3.69. The summed E-state index contributed by atoms with van der Waals surface area (Å²) in [6.07, 6.45) is 8.52. The maximum absolute atomic E-state index is 2.46. The molecule has 1 unspecified atom stereocenters. The summed E-state index contributed by atoms with van der Waals surface area (Å²) in [5.41, 5.74) is 0. The van der Waals surface area contributed by atoms with Gasteiger partial charge in [0.1, 0.15) is 0 Å². The molecule has 1 nitrogen and oxygen atoms in total. The van der Waals surface area contributed by atoms with Crippen LogP contribution in [0.3, 0.4) is 0 Å². The molecule has 0 amide bonds. The quantitative estimate of drug-likeness (QED) is 0.431. The predicted molar refractivity (Wildman–Crippen MR) is 61.0 cm³/mol. The molecule has 0 spiro atoms. The van der Waals surface area contributed by atoms with E-state index in [0.717, 1.165) is 13.1 Å². The summed E-state index contributed by atoms with van der Waals surface area (Å²) in [6.45, 7) is 11.3. The number of hydrogen-bond acceptors (Lipinski definition) is 1. The molecule has 1 atom stereocenters. The van der Waals surface area contributed by atoms with E-state index in [1.807, 2.05) is 0 Å². The van der Waals surface area contributed by atoms with Crippen LogP contribution in [0.5, 0.6) is 0 Å². The fourth-order valence-corrected chi connectivity index (χ4v) is 1.54. The molecule has 0 aliphatic heterocycles. The van der Waals surface area contributed by atoms with Gasteiger partial charge in [-0.3, -0.25) is 4.90 Å². The number of unbranched alkanes of at least 4 members (excludes halogenated alkanes) is 2. The molecule has 13 heavy (non-hydrogen) atoms. The fourth-order valence-electron chi connectivity index (χ4n) is 1.54. The van der Waals surface area contributed by atoms with Crippen molar-refractivity contribution in [2.24, 2.45) is 0 Å². The summed E-state index contributed by atoms with van der Waals surface area (Å²) in [5, 5.41) is 0. The van der Waals surface area contributed by atoms with Gasteiger partial charge in [0.25, 0.3) is 0 Å². The molecule has 0 aromatic rings. The second-order valence-corrected chi connectivity index (χ2v) is 3.53. The van der Waals surface area contributed by atoms with Crippen molar-refractivity contribution in [2.45, 2.75) is 53.0 Å². The molecular formula is C12H25N. The van der Waals surface area contributed by atoms with Crippen molar-refractivity contribution in [1.82, 2.24) is 4.90 Å². The minimum absolute atomic E-state index is 0.604. The topological polar surface area (TPSA) is 3.24 Å². The van der Waals surface area contributed by atoms with Crippen LogP contribution in [0.2, 0.25) is 0 Å². The smallest absolute Gasteiger partial charge is 0.0249 e. The second kappa shape index (κ2) is 8.31. The number of likely N-dealkylation sites (N-methyl/N-ethyl adjacent to an activating group) is 1. The van der Waals surface area contributed by atoms with E-state index in [1.165, 1.54) is 19.3 Å². The molecule has 0 aromatic heterocycles. The monoisotopic (exact) mass is 183 g/mol. The van der Waals surface area contributed by atoms with Gasteiger partial charge in [0.15, 0.2) is 0 Å². The van der Waals surface area contributed by atoms with E-state index in [-0.39, 0.29) is 0 Å². The number of allylic oxidation sites excluding steroid dienone is 1. The van der Waals surface area contributed by atoms with Gasteiger partial charge in [0.05, 0.1) is 0 Å². The van der Waals surface area contributed by atoms with Gasteiger partial charge in [-0.25, -0.2) is 0 Å². The highest BCUT2D eigenvalue weighted by atomic mass is 15.1. The highest BCUT2D eigenvalue weighted by molar-refractivity contribution is 4.91. The van der Waals surface area contributed by atoms with E-state index in [1.54, 1.807) is 0 Å². The number of nitrogens with zero attached hydrogens (tertiary/aromatic N) is 1. The Morgan fingerprint density at radius 2 is 1.77 bits per heavy atom. The Labute approximate surface area is 83.8 Å². The molecule has 0 aliphatic rings. The maximum Gasteiger partial charge on any atom is 0.0249 e. The van der Waals surface area contributed by atoms with Crippen molar-refractivity contribution in [3.63, 3.8) is 0 Å². The third-order valence-corrected chi connectivity index (χ3v) is 2.53. The van der Waals surface area contributed by atoms with Crippen LogP contribution in [0, 0.1) is 0 Å². The fraction of sp³-hybridized carbons (Fsp3) is 0.833. The minimum Gasteiger partial charge on any atom is -0.298 e. The zero-order chi connectivity index (χ0) is 10.1. The molecule has 0 fully saturated rings. The SMILES string of the molecule is CCCCC=CC(C)N(CC)CC. The summed E-state index contributed by atoms with van der Waals surface area (Å²) in [7, 11) is 0. The summed E-state index contributed by atoms with van der Waals surface area (Å²) < 4.78 is 0. The molecule has 0 saturated heterocycles. The van der Waals surface area contributed by atoms with E-state index in [9.17, 15) is 0 Å². The van der Waals surface area contributed by atoms with E-state index in [2.05, 4.69) is 44.7 Å². The zero-order valence-electron chi connectivity index (χ0n) is 9.71. The third kappa shape index (κ3) is 5.87. The minimum atomic E-state index is 0.604. The highest BCUT2D eigenvalue weighted by Gasteiger charge is 2.04. The molecule has 0 aliphatic carbocycles. The first kappa shape index (κ1) is 12.7. The number of hydrogen-bond donors (Lipinski definition) is 0. The van der Waals surface area contributed by atoms with Crippen molar-refractivity contribution in [3.05, 3.63) is 12.2 Å². The van der Waals surface area contributed by atoms with Crippen LogP contribution in [-0.4, -0.2) is 24.0 Å². The first-order valence-corrected chi connectivity index (χ1v) is 5.66. The Kier molecular flexibility index (Phi) is 8.11. The first-order valence-electron chi connectivity index (χ1n) is 5.66. The Morgan fingerprint density at radius 3 is 2.23 bits per heavy atom. The molecule has 0 radical (unpaired) electrons. The van der Waals surface area contributed by atoms with Gasteiger partial charge in [0, 0.05) is 6.04 Å². The van der Waals surface area contributed by atoms with Crippen LogP contribution in [-0.2, 0) is 0 Å². The lowest BCUT2D eigenvalue weighted by atomic mass is 10.2. The number of rotatable bonds is 7. The highest BCUT2D eigenvalue weighted by Crippen LogP contribution is 2.02.